The minimum absolute atomic E-state index is 0.181. The molecule has 3 rings (SSSR count). The number of amides is 1. The highest BCUT2D eigenvalue weighted by Gasteiger charge is 2.30. The lowest BCUT2D eigenvalue weighted by Gasteiger charge is -2.21. The molecule has 170 valence electrons. The fraction of sp³-hybridized carbons (Fsp3) is 0.304. The van der Waals surface area contributed by atoms with Gasteiger partial charge in [0.1, 0.15) is 12.1 Å². The summed E-state index contributed by atoms with van der Waals surface area (Å²) >= 11 is 0. The van der Waals surface area contributed by atoms with E-state index < -0.39 is 11.7 Å². The Morgan fingerprint density at radius 1 is 0.969 bits per heavy atom. The van der Waals surface area contributed by atoms with Crippen LogP contribution in [0, 0.1) is 5.82 Å². The van der Waals surface area contributed by atoms with Crippen LogP contribution in [0.1, 0.15) is 40.0 Å². The minimum Gasteiger partial charge on any atom is -0.447 e. The van der Waals surface area contributed by atoms with Crippen LogP contribution in [0.4, 0.5) is 17.6 Å². The molecule has 0 aliphatic heterocycles. The molecule has 1 aromatic heterocycles. The fourth-order valence-electron chi connectivity index (χ4n) is 3.09. The third-order valence-corrected chi connectivity index (χ3v) is 4.96. The lowest BCUT2D eigenvalue weighted by Crippen LogP contribution is -2.26. The number of halogens is 4. The molecular weight excluding hydrogens is 426 g/mol. The van der Waals surface area contributed by atoms with Crippen LogP contribution in [-0.4, -0.2) is 34.3 Å². The summed E-state index contributed by atoms with van der Waals surface area (Å²) in [6.07, 6.45) is -3.11. The zero-order chi connectivity index (χ0) is 23.3. The molecule has 0 saturated carbocycles. The maximum atomic E-state index is 13.3. The summed E-state index contributed by atoms with van der Waals surface area (Å²) < 4.78 is 57.3. The van der Waals surface area contributed by atoms with Gasteiger partial charge < -0.3 is 9.32 Å². The number of oxazole rings is 1. The van der Waals surface area contributed by atoms with Gasteiger partial charge in [-0.05, 0) is 42.3 Å². The van der Waals surface area contributed by atoms with E-state index in [1.165, 1.54) is 35.4 Å². The van der Waals surface area contributed by atoms with E-state index in [1.807, 2.05) is 11.8 Å². The van der Waals surface area contributed by atoms with Gasteiger partial charge in [-0.1, -0.05) is 24.3 Å². The van der Waals surface area contributed by atoms with Crippen LogP contribution in [0.3, 0.4) is 0 Å². The molecule has 0 unspecified atom stereocenters. The highest BCUT2D eigenvalue weighted by Crippen LogP contribution is 2.29. The molecule has 0 N–H and O–H groups in total. The molecule has 0 aliphatic rings. The quantitative estimate of drug-likeness (QED) is 0.448. The number of carbonyl (C=O) groups excluding carboxylic acids is 1. The average Bonchev–Trinajstić information content (AvgIpc) is 3.22. The van der Waals surface area contributed by atoms with E-state index in [9.17, 15) is 22.4 Å². The standard InChI is InChI=1S/C23H23F4N3O2/c1-3-29(2)22(31)20-15-32-21(28-20)14-30(13-17-6-10-19(24)11-7-17)12-16-4-8-18(9-5-16)23(25,26)27/h4-11,15H,3,12-14H2,1-2H3. The van der Waals surface area contributed by atoms with Crippen molar-refractivity contribution in [3.63, 3.8) is 0 Å². The number of alkyl halides is 3. The highest BCUT2D eigenvalue weighted by atomic mass is 19.4. The number of aromatic nitrogens is 1. The summed E-state index contributed by atoms with van der Waals surface area (Å²) in [5.41, 5.74) is 0.934. The maximum Gasteiger partial charge on any atom is 0.416 e. The average molecular weight is 449 g/mol. The fourth-order valence-corrected chi connectivity index (χ4v) is 3.09. The molecule has 0 bridgehead atoms. The summed E-state index contributed by atoms with van der Waals surface area (Å²) in [6, 6.07) is 10.9. The van der Waals surface area contributed by atoms with E-state index >= 15 is 0 Å². The van der Waals surface area contributed by atoms with Crippen molar-refractivity contribution in [3.8, 4) is 0 Å². The van der Waals surface area contributed by atoms with Crippen molar-refractivity contribution in [2.24, 2.45) is 0 Å². The summed E-state index contributed by atoms with van der Waals surface area (Å²) in [6.45, 7) is 3.25. The lowest BCUT2D eigenvalue weighted by atomic mass is 10.1. The molecular formula is C23H23F4N3O2. The van der Waals surface area contributed by atoms with Crippen molar-refractivity contribution in [2.45, 2.75) is 32.7 Å². The van der Waals surface area contributed by atoms with Crippen LogP contribution in [0.25, 0.3) is 0 Å². The lowest BCUT2D eigenvalue weighted by molar-refractivity contribution is -0.137. The molecule has 32 heavy (non-hydrogen) atoms. The van der Waals surface area contributed by atoms with E-state index in [0.29, 0.717) is 31.1 Å². The van der Waals surface area contributed by atoms with Gasteiger partial charge in [0.05, 0.1) is 12.1 Å². The van der Waals surface area contributed by atoms with Gasteiger partial charge in [-0.3, -0.25) is 9.69 Å². The van der Waals surface area contributed by atoms with Gasteiger partial charge in [-0.15, -0.1) is 0 Å². The molecule has 0 aliphatic carbocycles. The Bertz CT molecular complexity index is 1030. The first kappa shape index (κ1) is 23.5. The van der Waals surface area contributed by atoms with Gasteiger partial charge in [0, 0.05) is 26.7 Å². The molecule has 1 amide bonds. The van der Waals surface area contributed by atoms with Gasteiger partial charge >= 0.3 is 6.18 Å². The SMILES string of the molecule is CCN(C)C(=O)c1coc(CN(Cc2ccc(F)cc2)Cc2ccc(C(F)(F)F)cc2)n1. The molecule has 0 radical (unpaired) electrons. The predicted octanol–water partition coefficient (Wildman–Crippen LogP) is 5.13. The summed E-state index contributed by atoms with van der Waals surface area (Å²) in [5.74, 6) is -0.332. The highest BCUT2D eigenvalue weighted by molar-refractivity contribution is 5.91. The van der Waals surface area contributed by atoms with Gasteiger partial charge in [0.25, 0.3) is 5.91 Å². The Kier molecular flexibility index (Phi) is 7.29. The third-order valence-electron chi connectivity index (χ3n) is 4.96. The number of benzene rings is 2. The van der Waals surface area contributed by atoms with Gasteiger partial charge in [-0.25, -0.2) is 9.37 Å². The smallest absolute Gasteiger partial charge is 0.416 e. The Balaban J connectivity index is 1.78. The van der Waals surface area contributed by atoms with Crippen molar-refractivity contribution in [3.05, 3.63) is 88.9 Å². The molecule has 0 saturated heterocycles. The molecule has 0 fully saturated rings. The molecule has 0 atom stereocenters. The van der Waals surface area contributed by atoms with Crippen LogP contribution in [0.2, 0.25) is 0 Å². The number of hydrogen-bond acceptors (Lipinski definition) is 4. The number of hydrogen-bond donors (Lipinski definition) is 0. The van der Waals surface area contributed by atoms with E-state index in [-0.39, 0.29) is 24.0 Å². The zero-order valence-corrected chi connectivity index (χ0v) is 17.7. The van der Waals surface area contributed by atoms with Gasteiger partial charge in [0.2, 0.25) is 5.89 Å². The number of nitrogens with zero attached hydrogens (tertiary/aromatic N) is 3. The van der Waals surface area contributed by atoms with E-state index in [4.69, 9.17) is 4.42 Å². The van der Waals surface area contributed by atoms with Crippen LogP contribution in [-0.2, 0) is 25.8 Å². The molecule has 9 heteroatoms. The van der Waals surface area contributed by atoms with Crippen molar-refractivity contribution in [1.82, 2.24) is 14.8 Å². The van der Waals surface area contributed by atoms with Gasteiger partial charge in [0.15, 0.2) is 5.69 Å². The van der Waals surface area contributed by atoms with Crippen molar-refractivity contribution < 1.29 is 26.8 Å². The first-order valence-electron chi connectivity index (χ1n) is 9.98. The van der Waals surface area contributed by atoms with E-state index in [2.05, 4.69) is 4.98 Å². The maximum absolute atomic E-state index is 13.3. The molecule has 3 aromatic rings. The summed E-state index contributed by atoms with van der Waals surface area (Å²) in [7, 11) is 1.65. The van der Waals surface area contributed by atoms with Crippen LogP contribution >= 0.6 is 0 Å². The van der Waals surface area contributed by atoms with Crippen LogP contribution in [0.5, 0.6) is 0 Å². The molecule has 1 heterocycles. The normalized spacial score (nSPS) is 11.7. The van der Waals surface area contributed by atoms with Crippen LogP contribution < -0.4 is 0 Å². The summed E-state index contributed by atoms with van der Waals surface area (Å²) in [5, 5.41) is 0. The topological polar surface area (TPSA) is 49.6 Å². The van der Waals surface area contributed by atoms with Crippen LogP contribution in [0.15, 0.2) is 59.2 Å². The zero-order valence-electron chi connectivity index (χ0n) is 17.7. The Hall–Kier alpha value is -3.20. The second kappa shape index (κ2) is 9.95. The predicted molar refractivity (Wildman–Crippen MR) is 110 cm³/mol. The second-order valence-corrected chi connectivity index (χ2v) is 7.41. The Labute approximate surface area is 183 Å². The minimum atomic E-state index is -4.40. The molecule has 2 aromatic carbocycles. The first-order chi connectivity index (χ1) is 15.2. The van der Waals surface area contributed by atoms with Crippen molar-refractivity contribution in [1.29, 1.82) is 0 Å². The first-order valence-corrected chi connectivity index (χ1v) is 9.98. The van der Waals surface area contributed by atoms with Crippen molar-refractivity contribution >= 4 is 5.91 Å². The molecule has 5 nitrogen and oxygen atoms in total. The largest absolute Gasteiger partial charge is 0.447 e. The second-order valence-electron chi connectivity index (χ2n) is 7.41. The Morgan fingerprint density at radius 3 is 2.06 bits per heavy atom. The van der Waals surface area contributed by atoms with E-state index in [0.717, 1.165) is 17.7 Å². The monoisotopic (exact) mass is 449 g/mol. The number of rotatable bonds is 8. The van der Waals surface area contributed by atoms with E-state index in [1.54, 1.807) is 19.2 Å². The third kappa shape index (κ3) is 6.16. The van der Waals surface area contributed by atoms with Crippen molar-refractivity contribution in [2.75, 3.05) is 13.6 Å². The van der Waals surface area contributed by atoms with Gasteiger partial charge in [-0.2, -0.15) is 13.2 Å². The Morgan fingerprint density at radius 2 is 1.53 bits per heavy atom. The molecule has 0 spiro atoms. The summed E-state index contributed by atoms with van der Waals surface area (Å²) in [4.78, 5) is 19.9. The number of carbonyl (C=O) groups is 1.